The fourth-order valence-electron chi connectivity index (χ4n) is 1.81. The molecule has 16 heavy (non-hydrogen) atoms. The zero-order chi connectivity index (χ0) is 11.5. The van der Waals surface area contributed by atoms with Gasteiger partial charge in [-0.2, -0.15) is 0 Å². The van der Waals surface area contributed by atoms with Gasteiger partial charge in [-0.15, -0.1) is 0 Å². The molecule has 0 aliphatic heterocycles. The molecule has 4 heteroatoms. The average Bonchev–Trinajstić information content (AvgIpc) is 3.04. The van der Waals surface area contributed by atoms with Gasteiger partial charge in [0.25, 0.3) is 0 Å². The lowest BCUT2D eigenvalue weighted by atomic mass is 10.2. The summed E-state index contributed by atoms with van der Waals surface area (Å²) in [6, 6.07) is 2.40. The molecule has 1 heterocycles. The van der Waals surface area contributed by atoms with Gasteiger partial charge in [-0.3, -0.25) is 0 Å². The number of hydrogen-bond acceptors (Lipinski definition) is 3. The molecule has 0 amide bonds. The van der Waals surface area contributed by atoms with Crippen LogP contribution in [0, 0.1) is 5.92 Å². The van der Waals surface area contributed by atoms with E-state index in [1.165, 1.54) is 20.0 Å². The average molecular weight is 222 g/mol. The number of carbonyl (C=O) groups is 1. The van der Waals surface area contributed by atoms with Gasteiger partial charge in [0.1, 0.15) is 5.69 Å². The van der Waals surface area contributed by atoms with Crippen molar-refractivity contribution in [1.29, 1.82) is 0 Å². The minimum atomic E-state index is -0.318. The maximum Gasteiger partial charge on any atom is 0.354 e. The molecule has 1 saturated carbocycles. The molecule has 0 spiro atoms. The predicted molar refractivity (Wildman–Crippen MR) is 61.2 cm³/mol. The largest absolute Gasteiger partial charge is 0.464 e. The van der Waals surface area contributed by atoms with Crippen molar-refractivity contribution in [2.45, 2.75) is 32.4 Å². The number of rotatable bonds is 5. The Labute approximate surface area is 95.4 Å². The van der Waals surface area contributed by atoms with Gasteiger partial charge in [0.05, 0.1) is 7.11 Å². The number of esters is 1. The lowest BCUT2D eigenvalue weighted by molar-refractivity contribution is 0.0595. The molecule has 1 fully saturated rings. The Balaban J connectivity index is 1.84. The van der Waals surface area contributed by atoms with E-state index in [2.05, 4.69) is 22.0 Å². The second kappa shape index (κ2) is 4.70. The van der Waals surface area contributed by atoms with Crippen molar-refractivity contribution >= 4 is 5.97 Å². The van der Waals surface area contributed by atoms with Gasteiger partial charge in [-0.25, -0.2) is 4.79 Å². The highest BCUT2D eigenvalue weighted by atomic mass is 16.5. The first-order chi connectivity index (χ1) is 7.70. The topological polar surface area (TPSA) is 54.1 Å². The summed E-state index contributed by atoms with van der Waals surface area (Å²) in [4.78, 5) is 14.1. The molecule has 0 aromatic carbocycles. The number of nitrogens with one attached hydrogen (secondary N) is 2. The van der Waals surface area contributed by atoms with Crippen molar-refractivity contribution in [3.63, 3.8) is 0 Å². The minimum Gasteiger partial charge on any atom is -0.464 e. The number of hydrogen-bond donors (Lipinski definition) is 2. The van der Waals surface area contributed by atoms with E-state index in [4.69, 9.17) is 0 Å². The van der Waals surface area contributed by atoms with Gasteiger partial charge < -0.3 is 15.0 Å². The molecule has 88 valence electrons. The van der Waals surface area contributed by atoms with Gasteiger partial charge in [0, 0.05) is 18.8 Å². The van der Waals surface area contributed by atoms with Crippen LogP contribution in [0.25, 0.3) is 0 Å². The highest BCUT2D eigenvalue weighted by molar-refractivity contribution is 5.87. The molecule has 0 radical (unpaired) electrons. The second-order valence-electron chi connectivity index (χ2n) is 4.42. The molecule has 4 nitrogen and oxygen atoms in total. The smallest absolute Gasteiger partial charge is 0.354 e. The third-order valence-electron chi connectivity index (χ3n) is 3.11. The summed E-state index contributed by atoms with van der Waals surface area (Å²) in [5, 5.41) is 3.46. The standard InChI is InChI=1S/C12H18N2O2/c1-8(10-3-4-10)13-6-9-5-11(14-7-9)12(15)16-2/h5,7-8,10,13-14H,3-4,6H2,1-2H3. The van der Waals surface area contributed by atoms with Crippen molar-refractivity contribution in [3.05, 3.63) is 23.5 Å². The molecule has 1 atom stereocenters. The van der Waals surface area contributed by atoms with E-state index in [1.54, 1.807) is 0 Å². The number of aromatic nitrogens is 1. The molecule has 1 aromatic heterocycles. The van der Waals surface area contributed by atoms with Crippen LogP contribution in [0.15, 0.2) is 12.3 Å². The van der Waals surface area contributed by atoms with Crippen LogP contribution >= 0.6 is 0 Å². The zero-order valence-corrected chi connectivity index (χ0v) is 9.75. The Morgan fingerprint density at radius 1 is 1.69 bits per heavy atom. The van der Waals surface area contributed by atoms with E-state index >= 15 is 0 Å². The molecule has 1 unspecified atom stereocenters. The van der Waals surface area contributed by atoms with Gasteiger partial charge in [0.15, 0.2) is 0 Å². The molecule has 0 saturated heterocycles. The van der Waals surface area contributed by atoms with Gasteiger partial charge in [-0.05, 0) is 37.3 Å². The monoisotopic (exact) mass is 222 g/mol. The molecular formula is C12H18N2O2. The van der Waals surface area contributed by atoms with Crippen molar-refractivity contribution in [2.75, 3.05) is 7.11 Å². The van der Waals surface area contributed by atoms with Crippen LogP contribution in [0.4, 0.5) is 0 Å². The number of methoxy groups -OCH3 is 1. The summed E-state index contributed by atoms with van der Waals surface area (Å²) in [5.74, 6) is 0.528. The predicted octanol–water partition coefficient (Wildman–Crippen LogP) is 1.69. The van der Waals surface area contributed by atoms with Gasteiger partial charge >= 0.3 is 5.97 Å². The lowest BCUT2D eigenvalue weighted by Crippen LogP contribution is -2.27. The molecule has 1 aliphatic carbocycles. The highest BCUT2D eigenvalue weighted by Crippen LogP contribution is 2.32. The van der Waals surface area contributed by atoms with Crippen LogP contribution in [0.5, 0.6) is 0 Å². The van der Waals surface area contributed by atoms with E-state index < -0.39 is 0 Å². The number of carbonyl (C=O) groups excluding carboxylic acids is 1. The molecule has 1 aliphatic rings. The second-order valence-corrected chi connectivity index (χ2v) is 4.42. The van der Waals surface area contributed by atoms with E-state index in [9.17, 15) is 4.79 Å². The summed E-state index contributed by atoms with van der Waals surface area (Å²) in [5.41, 5.74) is 1.60. The molecule has 2 N–H and O–H groups in total. The van der Waals surface area contributed by atoms with Crippen molar-refractivity contribution in [2.24, 2.45) is 5.92 Å². The fraction of sp³-hybridized carbons (Fsp3) is 0.583. The maximum atomic E-state index is 11.2. The van der Waals surface area contributed by atoms with E-state index in [1.807, 2.05) is 12.3 Å². The van der Waals surface area contributed by atoms with Crippen LogP contribution in [0.1, 0.15) is 35.8 Å². The Morgan fingerprint density at radius 2 is 2.44 bits per heavy atom. The SMILES string of the molecule is COC(=O)c1cc(CNC(C)C2CC2)c[nH]1. The van der Waals surface area contributed by atoms with Crippen LogP contribution < -0.4 is 5.32 Å². The Kier molecular flexibility index (Phi) is 3.29. The summed E-state index contributed by atoms with van der Waals surface area (Å²) in [6.07, 6.45) is 4.53. The Hall–Kier alpha value is -1.29. The minimum absolute atomic E-state index is 0.318. The third kappa shape index (κ3) is 2.64. The Morgan fingerprint density at radius 3 is 3.06 bits per heavy atom. The number of aromatic amines is 1. The van der Waals surface area contributed by atoms with Crippen LogP contribution in [0.2, 0.25) is 0 Å². The zero-order valence-electron chi connectivity index (χ0n) is 9.75. The van der Waals surface area contributed by atoms with Crippen molar-refractivity contribution < 1.29 is 9.53 Å². The number of ether oxygens (including phenoxy) is 1. The summed E-state index contributed by atoms with van der Waals surface area (Å²) < 4.78 is 4.63. The van der Waals surface area contributed by atoms with E-state index in [-0.39, 0.29) is 5.97 Å². The van der Waals surface area contributed by atoms with E-state index in [0.29, 0.717) is 11.7 Å². The first kappa shape index (κ1) is 11.2. The summed E-state index contributed by atoms with van der Waals surface area (Å²) in [7, 11) is 1.39. The number of H-pyrrole nitrogens is 1. The van der Waals surface area contributed by atoms with Crippen molar-refractivity contribution in [1.82, 2.24) is 10.3 Å². The van der Waals surface area contributed by atoms with Gasteiger partial charge in [0.2, 0.25) is 0 Å². The normalized spacial score (nSPS) is 17.1. The molecule has 1 aromatic rings. The van der Waals surface area contributed by atoms with Crippen LogP contribution in [-0.2, 0) is 11.3 Å². The molecule has 2 rings (SSSR count). The van der Waals surface area contributed by atoms with Gasteiger partial charge in [-0.1, -0.05) is 0 Å². The van der Waals surface area contributed by atoms with E-state index in [0.717, 1.165) is 18.0 Å². The summed E-state index contributed by atoms with van der Waals surface area (Å²) in [6.45, 7) is 3.01. The first-order valence-electron chi connectivity index (χ1n) is 5.69. The third-order valence-corrected chi connectivity index (χ3v) is 3.11. The Bertz CT molecular complexity index is 369. The quantitative estimate of drug-likeness (QED) is 0.745. The highest BCUT2D eigenvalue weighted by Gasteiger charge is 2.27. The first-order valence-corrected chi connectivity index (χ1v) is 5.69. The van der Waals surface area contributed by atoms with Crippen LogP contribution in [-0.4, -0.2) is 24.1 Å². The van der Waals surface area contributed by atoms with Crippen molar-refractivity contribution in [3.8, 4) is 0 Å². The fourth-order valence-corrected chi connectivity index (χ4v) is 1.81. The lowest BCUT2D eigenvalue weighted by Gasteiger charge is -2.11. The molecule has 0 bridgehead atoms. The van der Waals surface area contributed by atoms with Crippen LogP contribution in [0.3, 0.4) is 0 Å². The summed E-state index contributed by atoms with van der Waals surface area (Å²) >= 11 is 0. The molecular weight excluding hydrogens is 204 g/mol. The maximum absolute atomic E-state index is 11.2.